The number of aromatic nitrogens is 2. The Morgan fingerprint density at radius 2 is 2.06 bits per heavy atom. The van der Waals surface area contributed by atoms with Crippen molar-refractivity contribution >= 4 is 11.9 Å². The minimum absolute atomic E-state index is 0.00185. The lowest BCUT2D eigenvalue weighted by Crippen LogP contribution is -2.45. The molecule has 9 nitrogen and oxygen atoms in total. The van der Waals surface area contributed by atoms with Crippen LogP contribution in [-0.4, -0.2) is 82.1 Å². The van der Waals surface area contributed by atoms with E-state index < -0.39 is 11.9 Å². The molecule has 0 bridgehead atoms. The van der Waals surface area contributed by atoms with Crippen molar-refractivity contribution in [2.75, 3.05) is 39.3 Å². The summed E-state index contributed by atoms with van der Waals surface area (Å²) in [4.78, 5) is 38.5. The third kappa shape index (κ3) is 6.02. The molecule has 0 aliphatic carbocycles. The largest absolute Gasteiger partial charge is 0.493 e. The van der Waals surface area contributed by atoms with Gasteiger partial charge in [-0.25, -0.2) is 9.97 Å². The molecule has 2 aliphatic rings. The number of fused-ring (bicyclic) bond motifs is 1. The first kappa shape index (κ1) is 26.0. The topological polar surface area (TPSA) is 122 Å². The second-order valence-corrected chi connectivity index (χ2v) is 9.66. The Kier molecular flexibility index (Phi) is 8.88. The number of rotatable bonds is 12. The van der Waals surface area contributed by atoms with E-state index in [2.05, 4.69) is 27.9 Å². The molecule has 0 unspecified atom stereocenters. The highest BCUT2D eigenvalue weighted by atomic mass is 16.5. The maximum absolute atomic E-state index is 13.3. The number of carboxylic acid groups (broad SMARTS) is 1. The van der Waals surface area contributed by atoms with Crippen LogP contribution in [-0.2, 0) is 22.4 Å². The molecule has 1 fully saturated rings. The summed E-state index contributed by atoms with van der Waals surface area (Å²) in [5.41, 5.74) is 7.89. The number of carboxylic acids is 1. The van der Waals surface area contributed by atoms with Gasteiger partial charge in [0, 0.05) is 63.4 Å². The zero-order chi connectivity index (χ0) is 25.5. The predicted octanol–water partition coefficient (Wildman–Crippen LogP) is 2.10. The van der Waals surface area contributed by atoms with Gasteiger partial charge in [0.15, 0.2) is 0 Å². The molecule has 1 aromatic heterocycles. The van der Waals surface area contributed by atoms with Crippen molar-refractivity contribution in [3.05, 3.63) is 53.6 Å². The number of hydrogen-bond acceptors (Lipinski definition) is 7. The Bertz CT molecular complexity index is 1030. The van der Waals surface area contributed by atoms with E-state index in [-0.39, 0.29) is 24.4 Å². The lowest BCUT2D eigenvalue weighted by molar-refractivity contribution is -0.143. The molecule has 9 heteroatoms. The maximum atomic E-state index is 13.3. The van der Waals surface area contributed by atoms with Crippen LogP contribution >= 0.6 is 0 Å². The van der Waals surface area contributed by atoms with E-state index in [1.165, 1.54) is 0 Å². The second-order valence-electron chi connectivity index (χ2n) is 9.66. The summed E-state index contributed by atoms with van der Waals surface area (Å²) in [6.45, 7) is 5.01. The molecule has 36 heavy (non-hydrogen) atoms. The van der Waals surface area contributed by atoms with Gasteiger partial charge in [0.05, 0.1) is 19.1 Å². The van der Waals surface area contributed by atoms with Crippen molar-refractivity contribution in [2.24, 2.45) is 11.7 Å². The van der Waals surface area contributed by atoms with Crippen molar-refractivity contribution in [3.63, 3.8) is 0 Å². The van der Waals surface area contributed by atoms with Gasteiger partial charge in [-0.2, -0.15) is 0 Å². The summed E-state index contributed by atoms with van der Waals surface area (Å²) in [6, 6.07) is 7.48. The van der Waals surface area contributed by atoms with E-state index in [4.69, 9.17) is 10.5 Å². The number of nitrogens with two attached hydrogens (primary N) is 1. The number of benzene rings is 1. The molecule has 194 valence electrons. The number of unbranched alkanes of at least 4 members (excludes halogenated alkanes) is 1. The van der Waals surface area contributed by atoms with Crippen LogP contribution in [0.1, 0.15) is 49.1 Å². The van der Waals surface area contributed by atoms with Crippen molar-refractivity contribution in [1.82, 2.24) is 19.8 Å². The van der Waals surface area contributed by atoms with E-state index in [0.29, 0.717) is 51.5 Å². The summed E-state index contributed by atoms with van der Waals surface area (Å²) in [5, 5.41) is 10.4. The number of carbonyl (C=O) groups excluding carboxylic acids is 1. The standard InChI is InChI=1S/C27H37N5O4/c1-2-3-13-31(14-10-28)25(33)18-32-17-21(19-5-7-23-20(16-19)9-15-36-23)26(27(34)35)22(32)6-8-24-29-11-4-12-30-24/h4-5,7,11-12,16,21-22,26H,2-3,6,8-10,13-15,17-18,28H2,1H3,(H,34,35)/t21-,22+,26-/m1/s1. The molecule has 0 radical (unpaired) electrons. The van der Waals surface area contributed by atoms with Crippen molar-refractivity contribution < 1.29 is 19.4 Å². The molecule has 1 aromatic carbocycles. The molecule has 0 saturated carbocycles. The fourth-order valence-corrected chi connectivity index (χ4v) is 5.50. The average Bonchev–Trinajstić information content (AvgIpc) is 3.50. The molecule has 4 rings (SSSR count). The van der Waals surface area contributed by atoms with Gasteiger partial charge < -0.3 is 20.5 Å². The third-order valence-electron chi connectivity index (χ3n) is 7.33. The molecule has 2 aliphatic heterocycles. The van der Waals surface area contributed by atoms with E-state index in [9.17, 15) is 14.7 Å². The van der Waals surface area contributed by atoms with Crippen LogP contribution in [0.5, 0.6) is 5.75 Å². The summed E-state index contributed by atoms with van der Waals surface area (Å²) >= 11 is 0. The minimum atomic E-state index is -0.838. The van der Waals surface area contributed by atoms with E-state index in [0.717, 1.165) is 36.1 Å². The molecule has 3 atom stereocenters. The van der Waals surface area contributed by atoms with Crippen LogP contribution in [0.3, 0.4) is 0 Å². The highest BCUT2D eigenvalue weighted by molar-refractivity contribution is 5.79. The monoisotopic (exact) mass is 495 g/mol. The number of nitrogens with zero attached hydrogens (tertiary/aromatic N) is 4. The van der Waals surface area contributed by atoms with Crippen LogP contribution in [0.15, 0.2) is 36.7 Å². The number of hydrogen-bond donors (Lipinski definition) is 2. The highest BCUT2D eigenvalue weighted by Crippen LogP contribution is 2.41. The number of aliphatic carboxylic acids is 1. The first-order valence-electron chi connectivity index (χ1n) is 13.0. The van der Waals surface area contributed by atoms with Gasteiger partial charge in [0.1, 0.15) is 11.6 Å². The first-order valence-corrected chi connectivity index (χ1v) is 13.0. The number of carbonyl (C=O) groups is 2. The Labute approximate surface area is 212 Å². The summed E-state index contributed by atoms with van der Waals surface area (Å²) < 4.78 is 5.65. The Morgan fingerprint density at radius 3 is 2.78 bits per heavy atom. The molecule has 2 aromatic rings. The molecule has 1 saturated heterocycles. The summed E-state index contributed by atoms with van der Waals surface area (Å²) in [5.74, 6) is -0.139. The molecule has 3 heterocycles. The smallest absolute Gasteiger partial charge is 0.308 e. The molecule has 1 amide bonds. The van der Waals surface area contributed by atoms with Gasteiger partial charge in [-0.05, 0) is 36.1 Å². The Morgan fingerprint density at radius 1 is 1.25 bits per heavy atom. The van der Waals surface area contributed by atoms with Crippen LogP contribution in [0.2, 0.25) is 0 Å². The van der Waals surface area contributed by atoms with Gasteiger partial charge in [0.25, 0.3) is 0 Å². The second kappa shape index (κ2) is 12.3. The van der Waals surface area contributed by atoms with Gasteiger partial charge in [0.2, 0.25) is 5.91 Å². The molecular weight excluding hydrogens is 458 g/mol. The maximum Gasteiger partial charge on any atom is 0.308 e. The summed E-state index contributed by atoms with van der Waals surface area (Å²) in [6.07, 6.45) is 7.23. The predicted molar refractivity (Wildman–Crippen MR) is 136 cm³/mol. The molecule has 3 N–H and O–H groups in total. The van der Waals surface area contributed by atoms with Crippen LogP contribution in [0, 0.1) is 5.92 Å². The number of aryl methyl sites for hydroxylation is 1. The fraction of sp³-hybridized carbons (Fsp3) is 0.556. The fourth-order valence-electron chi connectivity index (χ4n) is 5.50. The van der Waals surface area contributed by atoms with Crippen LogP contribution in [0.4, 0.5) is 0 Å². The van der Waals surface area contributed by atoms with Gasteiger partial charge in [-0.1, -0.05) is 25.5 Å². The quantitative estimate of drug-likeness (QED) is 0.459. The first-order chi connectivity index (χ1) is 17.5. The SMILES string of the molecule is CCCCN(CCN)C(=O)CN1C[C@H](c2ccc3c(c2)CCO3)[C@@H](C(=O)O)[C@@H]1CCc1ncccn1. The van der Waals surface area contributed by atoms with Crippen molar-refractivity contribution in [3.8, 4) is 5.75 Å². The van der Waals surface area contributed by atoms with Crippen molar-refractivity contribution in [1.29, 1.82) is 0 Å². The van der Waals surface area contributed by atoms with Gasteiger partial charge in [-0.15, -0.1) is 0 Å². The zero-order valence-electron chi connectivity index (χ0n) is 21.0. The van der Waals surface area contributed by atoms with Crippen LogP contribution in [0.25, 0.3) is 0 Å². The Hall–Kier alpha value is -3.04. The molecular formula is C27H37N5O4. The number of likely N-dealkylation sites (tertiary alicyclic amines) is 1. The Balaban J connectivity index is 1.59. The third-order valence-corrected chi connectivity index (χ3v) is 7.33. The van der Waals surface area contributed by atoms with E-state index >= 15 is 0 Å². The summed E-state index contributed by atoms with van der Waals surface area (Å²) in [7, 11) is 0. The lowest BCUT2D eigenvalue weighted by atomic mass is 9.83. The number of ether oxygens (including phenoxy) is 1. The average molecular weight is 496 g/mol. The zero-order valence-corrected chi connectivity index (χ0v) is 21.0. The minimum Gasteiger partial charge on any atom is -0.493 e. The lowest BCUT2D eigenvalue weighted by Gasteiger charge is -2.29. The van der Waals surface area contributed by atoms with Gasteiger partial charge >= 0.3 is 5.97 Å². The number of amides is 1. The van der Waals surface area contributed by atoms with Gasteiger partial charge in [-0.3, -0.25) is 14.5 Å². The van der Waals surface area contributed by atoms with E-state index in [1.807, 2.05) is 17.0 Å². The van der Waals surface area contributed by atoms with Crippen molar-refractivity contribution in [2.45, 2.75) is 51.0 Å². The van der Waals surface area contributed by atoms with E-state index in [1.54, 1.807) is 18.5 Å². The molecule has 0 spiro atoms. The highest BCUT2D eigenvalue weighted by Gasteiger charge is 2.47. The normalized spacial score (nSPS) is 21.2. The van der Waals surface area contributed by atoms with Crippen LogP contribution < -0.4 is 10.5 Å².